The molecule has 0 bridgehead atoms. The molecule has 0 amide bonds. The molecular weight excluding hydrogens is 270 g/mol. The maximum absolute atomic E-state index is 5.64. The quantitative estimate of drug-likeness (QED) is 0.384. The summed E-state index contributed by atoms with van der Waals surface area (Å²) < 4.78 is 7.71. The van der Waals surface area contributed by atoms with Crippen molar-refractivity contribution in [3.8, 4) is 0 Å². The molecule has 0 spiro atoms. The highest BCUT2D eigenvalue weighted by molar-refractivity contribution is 4.89. The monoisotopic (exact) mass is 307 g/mol. The predicted octanol–water partition coefficient (Wildman–Crippen LogP) is 6.41. The number of unbranched alkanes of at least 4 members (excludes halogenated alkanes) is 8. The Balaban J connectivity index is 1.73. The molecule has 1 heterocycles. The summed E-state index contributed by atoms with van der Waals surface area (Å²) in [4.78, 5) is 0. The van der Waals surface area contributed by atoms with E-state index in [-0.39, 0.29) is 0 Å². The molecule has 0 aromatic carbocycles. The standard InChI is InChI=1S/C20H37NO/c1-20(2,3)15-11-9-7-5-4-6-8-10-14-18-22-19-21-16-12-13-17-21/h12-13,16-17H,4-11,14-15,18-19H2,1-3H3. The van der Waals surface area contributed by atoms with Crippen molar-refractivity contribution in [1.29, 1.82) is 0 Å². The Morgan fingerprint density at radius 3 is 1.77 bits per heavy atom. The maximum atomic E-state index is 5.64. The van der Waals surface area contributed by atoms with Gasteiger partial charge in [-0.1, -0.05) is 72.1 Å². The Labute approximate surface area is 138 Å². The first-order valence-corrected chi connectivity index (χ1v) is 9.26. The third-order valence-electron chi connectivity index (χ3n) is 4.12. The van der Waals surface area contributed by atoms with Crippen LogP contribution in [0.4, 0.5) is 0 Å². The van der Waals surface area contributed by atoms with Crippen LogP contribution in [0.3, 0.4) is 0 Å². The van der Waals surface area contributed by atoms with E-state index >= 15 is 0 Å². The van der Waals surface area contributed by atoms with Crippen LogP contribution in [-0.2, 0) is 11.5 Å². The van der Waals surface area contributed by atoms with Crippen molar-refractivity contribution in [1.82, 2.24) is 4.57 Å². The van der Waals surface area contributed by atoms with E-state index in [0.29, 0.717) is 12.1 Å². The van der Waals surface area contributed by atoms with Gasteiger partial charge in [0.1, 0.15) is 6.73 Å². The summed E-state index contributed by atoms with van der Waals surface area (Å²) >= 11 is 0. The van der Waals surface area contributed by atoms with Crippen LogP contribution in [0.2, 0.25) is 0 Å². The van der Waals surface area contributed by atoms with Crippen molar-refractivity contribution in [3.05, 3.63) is 24.5 Å². The summed E-state index contributed by atoms with van der Waals surface area (Å²) in [5, 5.41) is 0. The summed E-state index contributed by atoms with van der Waals surface area (Å²) in [5.74, 6) is 0. The summed E-state index contributed by atoms with van der Waals surface area (Å²) in [5.41, 5.74) is 0.517. The van der Waals surface area contributed by atoms with Crippen LogP contribution < -0.4 is 0 Å². The third-order valence-corrected chi connectivity index (χ3v) is 4.12. The summed E-state index contributed by atoms with van der Waals surface area (Å²) in [6, 6.07) is 4.07. The second kappa shape index (κ2) is 11.8. The number of aromatic nitrogens is 1. The smallest absolute Gasteiger partial charge is 0.122 e. The summed E-state index contributed by atoms with van der Waals surface area (Å²) in [6.45, 7) is 8.62. The van der Waals surface area contributed by atoms with Crippen LogP contribution in [0.15, 0.2) is 24.5 Å². The average Bonchev–Trinajstić information content (AvgIpc) is 2.96. The Hall–Kier alpha value is -0.760. The first-order valence-electron chi connectivity index (χ1n) is 9.26. The van der Waals surface area contributed by atoms with Gasteiger partial charge in [-0.3, -0.25) is 0 Å². The molecule has 2 heteroatoms. The number of ether oxygens (including phenoxy) is 1. The zero-order chi connectivity index (χ0) is 16.1. The molecule has 0 aliphatic rings. The highest BCUT2D eigenvalue weighted by atomic mass is 16.5. The normalized spacial score (nSPS) is 12.0. The van der Waals surface area contributed by atoms with E-state index in [4.69, 9.17) is 4.74 Å². The van der Waals surface area contributed by atoms with Crippen LogP contribution in [0, 0.1) is 5.41 Å². The number of hydrogen-bond acceptors (Lipinski definition) is 1. The van der Waals surface area contributed by atoms with Gasteiger partial charge in [0.15, 0.2) is 0 Å². The lowest BCUT2D eigenvalue weighted by Crippen LogP contribution is -2.03. The van der Waals surface area contributed by atoms with Gasteiger partial charge in [-0.05, 0) is 30.4 Å². The van der Waals surface area contributed by atoms with Gasteiger partial charge in [0.25, 0.3) is 0 Å². The lowest BCUT2D eigenvalue weighted by Gasteiger charge is -2.17. The van der Waals surface area contributed by atoms with Gasteiger partial charge in [-0.2, -0.15) is 0 Å². The number of hydrogen-bond donors (Lipinski definition) is 0. The molecule has 1 rings (SSSR count). The minimum absolute atomic E-state index is 0.517. The molecular formula is C20H37NO. The van der Waals surface area contributed by atoms with Crippen LogP contribution in [0.1, 0.15) is 85.0 Å². The molecule has 0 N–H and O–H groups in total. The largest absolute Gasteiger partial charge is 0.361 e. The molecule has 0 aliphatic carbocycles. The minimum Gasteiger partial charge on any atom is -0.361 e. The van der Waals surface area contributed by atoms with Crippen molar-refractivity contribution in [2.45, 2.75) is 91.7 Å². The predicted molar refractivity (Wildman–Crippen MR) is 96.0 cm³/mol. The minimum atomic E-state index is 0.517. The van der Waals surface area contributed by atoms with Gasteiger partial charge in [-0.15, -0.1) is 0 Å². The van der Waals surface area contributed by atoms with Crippen molar-refractivity contribution < 1.29 is 4.74 Å². The van der Waals surface area contributed by atoms with Crippen LogP contribution in [0.25, 0.3) is 0 Å². The van der Waals surface area contributed by atoms with Gasteiger partial charge >= 0.3 is 0 Å². The second-order valence-corrected chi connectivity index (χ2v) is 7.73. The molecule has 0 saturated carbocycles. The number of nitrogens with zero attached hydrogens (tertiary/aromatic N) is 1. The van der Waals surface area contributed by atoms with Crippen molar-refractivity contribution in [2.24, 2.45) is 5.41 Å². The van der Waals surface area contributed by atoms with Gasteiger partial charge in [0, 0.05) is 19.0 Å². The van der Waals surface area contributed by atoms with E-state index in [1.54, 1.807) is 0 Å². The molecule has 0 atom stereocenters. The lowest BCUT2D eigenvalue weighted by atomic mass is 9.89. The molecule has 22 heavy (non-hydrogen) atoms. The third kappa shape index (κ3) is 11.9. The fourth-order valence-corrected chi connectivity index (χ4v) is 2.72. The van der Waals surface area contributed by atoms with Crippen molar-refractivity contribution in [2.75, 3.05) is 6.61 Å². The van der Waals surface area contributed by atoms with Crippen molar-refractivity contribution in [3.63, 3.8) is 0 Å². The molecule has 128 valence electrons. The van der Waals surface area contributed by atoms with Gasteiger partial charge in [-0.25, -0.2) is 0 Å². The average molecular weight is 308 g/mol. The van der Waals surface area contributed by atoms with E-state index in [2.05, 4.69) is 25.3 Å². The van der Waals surface area contributed by atoms with E-state index in [1.165, 1.54) is 64.2 Å². The van der Waals surface area contributed by atoms with Crippen LogP contribution in [0.5, 0.6) is 0 Å². The summed E-state index contributed by atoms with van der Waals surface area (Å²) in [7, 11) is 0. The molecule has 1 aromatic heterocycles. The molecule has 0 saturated heterocycles. The maximum Gasteiger partial charge on any atom is 0.122 e. The zero-order valence-electron chi connectivity index (χ0n) is 15.2. The van der Waals surface area contributed by atoms with E-state index < -0.39 is 0 Å². The molecule has 2 nitrogen and oxygen atoms in total. The number of rotatable bonds is 13. The molecule has 0 unspecified atom stereocenters. The topological polar surface area (TPSA) is 14.2 Å². The Bertz CT molecular complexity index is 337. The highest BCUT2D eigenvalue weighted by Crippen LogP contribution is 2.22. The summed E-state index contributed by atoms with van der Waals surface area (Å²) in [6.07, 6.45) is 17.8. The molecule has 1 aromatic rings. The van der Waals surface area contributed by atoms with Crippen LogP contribution in [-0.4, -0.2) is 11.2 Å². The zero-order valence-corrected chi connectivity index (χ0v) is 15.2. The van der Waals surface area contributed by atoms with Crippen LogP contribution >= 0.6 is 0 Å². The van der Waals surface area contributed by atoms with Crippen molar-refractivity contribution >= 4 is 0 Å². The fourth-order valence-electron chi connectivity index (χ4n) is 2.72. The van der Waals surface area contributed by atoms with Gasteiger partial charge < -0.3 is 9.30 Å². The lowest BCUT2D eigenvalue weighted by molar-refractivity contribution is 0.0741. The first-order chi connectivity index (χ1) is 10.6. The van der Waals surface area contributed by atoms with Gasteiger partial charge in [0.05, 0.1) is 0 Å². The molecule has 0 radical (unpaired) electrons. The molecule has 0 fully saturated rings. The first kappa shape index (κ1) is 19.3. The van der Waals surface area contributed by atoms with E-state index in [9.17, 15) is 0 Å². The Morgan fingerprint density at radius 2 is 1.23 bits per heavy atom. The van der Waals surface area contributed by atoms with Gasteiger partial charge in [0.2, 0.25) is 0 Å². The Morgan fingerprint density at radius 1 is 0.727 bits per heavy atom. The molecule has 0 aliphatic heterocycles. The SMILES string of the molecule is CC(C)(C)CCCCCCCCCCCOCn1cccc1. The van der Waals surface area contributed by atoms with E-state index in [0.717, 1.165) is 6.61 Å². The fraction of sp³-hybridized carbons (Fsp3) is 0.800. The second-order valence-electron chi connectivity index (χ2n) is 7.73. The van der Waals surface area contributed by atoms with E-state index in [1.807, 2.05) is 24.5 Å². The highest BCUT2D eigenvalue weighted by Gasteiger charge is 2.08. The Kier molecular flexibility index (Phi) is 10.3.